The van der Waals surface area contributed by atoms with Crippen LogP contribution in [0, 0.1) is 15.9 Å². The van der Waals surface area contributed by atoms with Gasteiger partial charge < -0.3 is 5.32 Å². The minimum Gasteiger partial charge on any atom is -0.301 e. The zero-order valence-electron chi connectivity index (χ0n) is 15.3. The number of benzene rings is 2. The van der Waals surface area contributed by atoms with Gasteiger partial charge in [-0.2, -0.15) is 0 Å². The van der Waals surface area contributed by atoms with Gasteiger partial charge in [-0.1, -0.05) is 11.3 Å². The molecule has 3 aromatic rings. The minimum atomic E-state index is -4.05. The smallest absolute Gasteiger partial charge is 0.269 e. The number of aromatic nitrogens is 1. The van der Waals surface area contributed by atoms with Gasteiger partial charge in [0.15, 0.2) is 15.0 Å². The third kappa shape index (κ3) is 5.10. The lowest BCUT2D eigenvalue weighted by atomic mass is 10.3. The predicted octanol–water partition coefficient (Wildman–Crippen LogP) is 2.44. The third-order valence-electron chi connectivity index (χ3n) is 3.85. The van der Waals surface area contributed by atoms with Crippen LogP contribution in [-0.4, -0.2) is 38.4 Å². The average Bonchev–Trinajstić information content (AvgIpc) is 3.17. The van der Waals surface area contributed by atoms with Crippen LogP contribution in [0.25, 0.3) is 0 Å². The second-order valence-corrected chi connectivity index (χ2v) is 11.2. The van der Waals surface area contributed by atoms with E-state index in [-0.39, 0.29) is 24.8 Å². The molecule has 0 bridgehead atoms. The largest absolute Gasteiger partial charge is 0.301 e. The maximum absolute atomic E-state index is 12.9. The molecule has 31 heavy (non-hydrogen) atoms. The molecule has 0 unspecified atom stereocenters. The summed E-state index contributed by atoms with van der Waals surface area (Å²) in [4.78, 5) is 25.4. The Labute approximate surface area is 179 Å². The lowest BCUT2D eigenvalue weighted by Crippen LogP contribution is -2.22. The van der Waals surface area contributed by atoms with E-state index >= 15 is 0 Å². The Balaban J connectivity index is 1.73. The first-order valence-electron chi connectivity index (χ1n) is 8.22. The fraction of sp³-hybridized carbons (Fsp3) is 0.0588. The summed E-state index contributed by atoms with van der Waals surface area (Å²) in [6.07, 6.45) is 0.978. The highest BCUT2D eigenvalue weighted by molar-refractivity contribution is 7.93. The molecule has 0 saturated heterocycles. The van der Waals surface area contributed by atoms with E-state index in [9.17, 15) is 36.1 Å². The van der Waals surface area contributed by atoms with Crippen LogP contribution in [-0.2, 0) is 24.5 Å². The molecule has 0 aliphatic heterocycles. The van der Waals surface area contributed by atoms with Crippen molar-refractivity contribution in [2.75, 3.05) is 11.1 Å². The summed E-state index contributed by atoms with van der Waals surface area (Å²) in [6.45, 7) is 0. The summed E-state index contributed by atoms with van der Waals surface area (Å²) in [6, 6.07) is 8.16. The molecule has 0 saturated carbocycles. The van der Waals surface area contributed by atoms with Crippen molar-refractivity contribution in [2.24, 2.45) is 0 Å². The molecule has 0 spiro atoms. The van der Waals surface area contributed by atoms with E-state index in [1.54, 1.807) is 0 Å². The van der Waals surface area contributed by atoms with Crippen LogP contribution in [0.3, 0.4) is 0 Å². The molecule has 14 heteroatoms. The number of nitrogens with zero attached hydrogens (tertiary/aromatic N) is 2. The van der Waals surface area contributed by atoms with Gasteiger partial charge in [0.05, 0.1) is 20.9 Å². The number of halogens is 1. The summed E-state index contributed by atoms with van der Waals surface area (Å²) >= 11 is 0.588. The highest BCUT2D eigenvalue weighted by Crippen LogP contribution is 2.29. The van der Waals surface area contributed by atoms with E-state index in [2.05, 4.69) is 10.3 Å². The van der Waals surface area contributed by atoms with Crippen LogP contribution in [0.15, 0.2) is 68.7 Å². The molecule has 3 rings (SSSR count). The van der Waals surface area contributed by atoms with Gasteiger partial charge in [-0.15, -0.1) is 0 Å². The Morgan fingerprint density at radius 2 is 1.61 bits per heavy atom. The van der Waals surface area contributed by atoms with Crippen molar-refractivity contribution in [1.29, 1.82) is 0 Å². The zero-order chi connectivity index (χ0) is 22.8. The van der Waals surface area contributed by atoms with Crippen LogP contribution in [0.4, 0.5) is 15.2 Å². The van der Waals surface area contributed by atoms with Crippen LogP contribution in [0.1, 0.15) is 0 Å². The monoisotopic (exact) mass is 485 g/mol. The van der Waals surface area contributed by atoms with E-state index < -0.39 is 42.1 Å². The Kier molecular flexibility index (Phi) is 6.15. The fourth-order valence-electron chi connectivity index (χ4n) is 2.36. The van der Waals surface area contributed by atoms with Crippen molar-refractivity contribution in [1.82, 2.24) is 4.98 Å². The van der Waals surface area contributed by atoms with Gasteiger partial charge in [0, 0.05) is 12.1 Å². The van der Waals surface area contributed by atoms with Gasteiger partial charge >= 0.3 is 0 Å². The second-order valence-electron chi connectivity index (χ2n) is 6.00. The van der Waals surface area contributed by atoms with Crippen LogP contribution in [0.2, 0.25) is 0 Å². The molecule has 0 aliphatic rings. The SMILES string of the molecule is O=C(CS(=O)(=O)c1ccc(F)cc1)Nc1ncc(S(=O)(=O)c2ccc([N+](=O)[O-])cc2)s1. The predicted molar refractivity (Wildman–Crippen MR) is 108 cm³/mol. The summed E-state index contributed by atoms with van der Waals surface area (Å²) in [5, 5.41) is 12.7. The van der Waals surface area contributed by atoms with E-state index in [1.807, 2.05) is 0 Å². The topological polar surface area (TPSA) is 153 Å². The van der Waals surface area contributed by atoms with Crippen molar-refractivity contribution in [3.63, 3.8) is 0 Å². The Morgan fingerprint density at radius 3 is 2.19 bits per heavy atom. The molecule has 162 valence electrons. The summed E-state index contributed by atoms with van der Waals surface area (Å²) in [5.74, 6) is -2.55. The van der Waals surface area contributed by atoms with Gasteiger partial charge in [-0.3, -0.25) is 14.9 Å². The quantitative estimate of drug-likeness (QED) is 0.304. The number of thiazole rings is 1. The Hall–Kier alpha value is -3.23. The lowest BCUT2D eigenvalue weighted by Gasteiger charge is -2.04. The summed E-state index contributed by atoms with van der Waals surface area (Å²) in [5.41, 5.74) is -0.279. The van der Waals surface area contributed by atoms with Gasteiger partial charge in [0.2, 0.25) is 15.7 Å². The standard InChI is InChI=1S/C17H12FN3O7S3/c18-11-1-5-13(6-2-11)30(25,26)10-15(22)20-17-19-9-16(29-17)31(27,28)14-7-3-12(4-8-14)21(23)24/h1-9H,10H2,(H,19,20,22). The van der Waals surface area contributed by atoms with Gasteiger partial charge in [-0.05, 0) is 36.4 Å². The van der Waals surface area contributed by atoms with E-state index in [1.165, 1.54) is 0 Å². The highest BCUT2D eigenvalue weighted by atomic mass is 32.2. The maximum Gasteiger partial charge on any atom is 0.269 e. The molecule has 1 amide bonds. The van der Waals surface area contributed by atoms with Gasteiger partial charge in [0.1, 0.15) is 15.8 Å². The molecule has 0 radical (unpaired) electrons. The Bertz CT molecular complexity index is 1350. The maximum atomic E-state index is 12.9. The molecule has 1 heterocycles. The molecule has 0 atom stereocenters. The molecule has 2 aromatic carbocycles. The third-order valence-corrected chi connectivity index (χ3v) is 8.62. The first-order chi connectivity index (χ1) is 14.5. The van der Waals surface area contributed by atoms with E-state index in [4.69, 9.17) is 0 Å². The number of nitrogens with one attached hydrogen (secondary N) is 1. The second kappa shape index (κ2) is 8.49. The van der Waals surface area contributed by atoms with Crippen molar-refractivity contribution >= 4 is 47.7 Å². The number of rotatable bonds is 7. The van der Waals surface area contributed by atoms with Crippen molar-refractivity contribution in [2.45, 2.75) is 14.0 Å². The zero-order valence-corrected chi connectivity index (χ0v) is 17.7. The first kappa shape index (κ1) is 22.5. The number of amides is 1. The van der Waals surface area contributed by atoms with Crippen LogP contribution >= 0.6 is 11.3 Å². The van der Waals surface area contributed by atoms with Crippen molar-refractivity contribution in [3.8, 4) is 0 Å². The number of carbonyl (C=O) groups excluding carboxylic acids is 1. The number of non-ortho nitro benzene ring substituents is 1. The fourth-order valence-corrected chi connectivity index (χ4v) is 5.94. The number of nitro groups is 1. The lowest BCUT2D eigenvalue weighted by molar-refractivity contribution is -0.384. The van der Waals surface area contributed by atoms with Crippen LogP contribution < -0.4 is 5.32 Å². The number of anilines is 1. The number of hydrogen-bond acceptors (Lipinski definition) is 9. The van der Waals surface area contributed by atoms with Crippen molar-refractivity contribution < 1.29 is 30.9 Å². The average molecular weight is 485 g/mol. The summed E-state index contributed by atoms with van der Waals surface area (Å²) < 4.78 is 62.4. The number of carbonyl (C=O) groups is 1. The molecular weight excluding hydrogens is 473 g/mol. The normalized spacial score (nSPS) is 11.8. The molecular formula is C17H12FN3O7S3. The van der Waals surface area contributed by atoms with Gasteiger partial charge in [0.25, 0.3) is 5.69 Å². The van der Waals surface area contributed by atoms with E-state index in [0.29, 0.717) is 11.3 Å². The van der Waals surface area contributed by atoms with Gasteiger partial charge in [-0.25, -0.2) is 26.2 Å². The molecule has 1 aromatic heterocycles. The number of hydrogen-bond donors (Lipinski definition) is 1. The molecule has 0 aliphatic carbocycles. The van der Waals surface area contributed by atoms with E-state index in [0.717, 1.165) is 54.7 Å². The first-order valence-corrected chi connectivity index (χ1v) is 12.2. The molecule has 10 nitrogen and oxygen atoms in total. The molecule has 1 N–H and O–H groups in total. The highest BCUT2D eigenvalue weighted by Gasteiger charge is 2.24. The molecule has 0 fully saturated rings. The summed E-state index contributed by atoms with van der Waals surface area (Å²) in [7, 11) is -8.10. The van der Waals surface area contributed by atoms with Crippen molar-refractivity contribution in [3.05, 3.63) is 70.7 Å². The Morgan fingerprint density at radius 1 is 1.03 bits per heavy atom. The minimum absolute atomic E-state index is 0.153. The number of nitro benzene ring substituents is 1. The van der Waals surface area contributed by atoms with Crippen LogP contribution in [0.5, 0.6) is 0 Å². The number of sulfone groups is 2.